The second-order valence-corrected chi connectivity index (χ2v) is 5.76. The predicted molar refractivity (Wildman–Crippen MR) is 71.9 cm³/mol. The van der Waals surface area contributed by atoms with Gasteiger partial charge < -0.3 is 5.11 Å². The molecule has 1 saturated carbocycles. The number of hydrogen-bond donors (Lipinski definition) is 1. The van der Waals surface area contributed by atoms with E-state index in [2.05, 4.69) is 45.0 Å². The molecule has 0 aliphatic heterocycles. The van der Waals surface area contributed by atoms with Crippen LogP contribution in [0.15, 0.2) is 24.3 Å². The van der Waals surface area contributed by atoms with Gasteiger partial charge in [0.25, 0.3) is 0 Å². The topological polar surface area (TPSA) is 20.2 Å². The minimum atomic E-state index is -0.600. The minimum Gasteiger partial charge on any atom is -0.385 e. The highest BCUT2D eigenvalue weighted by molar-refractivity contribution is 5.29. The maximum absolute atomic E-state index is 10.9. The quantitative estimate of drug-likeness (QED) is 0.820. The van der Waals surface area contributed by atoms with E-state index in [1.807, 2.05) is 0 Å². The van der Waals surface area contributed by atoms with Gasteiger partial charge in [0, 0.05) is 0 Å². The van der Waals surface area contributed by atoms with Crippen LogP contribution in [0.5, 0.6) is 0 Å². The number of rotatable bonds is 2. The molecule has 0 saturated heterocycles. The summed E-state index contributed by atoms with van der Waals surface area (Å²) in [5, 5.41) is 10.9. The first-order valence-corrected chi connectivity index (χ1v) is 6.88. The summed E-state index contributed by atoms with van der Waals surface area (Å²) >= 11 is 0. The van der Waals surface area contributed by atoms with Gasteiger partial charge in [-0.3, -0.25) is 0 Å². The molecule has 0 amide bonds. The molecule has 1 aromatic rings. The maximum atomic E-state index is 10.9. The Morgan fingerprint density at radius 3 is 2.76 bits per heavy atom. The Bertz CT molecular complexity index is 385. The molecule has 0 aromatic heterocycles. The standard InChI is InChI=1S/C16H24O/c1-4-14-6-5-7-15(11-14)16(17)9-8-12(2)10-13(16)3/h5-7,11-13,17H,4,8-10H2,1-3H3. The Kier molecular flexibility index (Phi) is 3.58. The van der Waals surface area contributed by atoms with Crippen molar-refractivity contribution in [2.75, 3.05) is 0 Å². The van der Waals surface area contributed by atoms with Crippen LogP contribution in [0, 0.1) is 11.8 Å². The molecule has 1 nitrogen and oxygen atoms in total. The van der Waals surface area contributed by atoms with Crippen molar-refractivity contribution in [1.82, 2.24) is 0 Å². The van der Waals surface area contributed by atoms with E-state index in [0.717, 1.165) is 37.2 Å². The van der Waals surface area contributed by atoms with E-state index in [9.17, 15) is 5.11 Å². The van der Waals surface area contributed by atoms with Gasteiger partial charge >= 0.3 is 0 Å². The van der Waals surface area contributed by atoms with Gasteiger partial charge in [0.2, 0.25) is 0 Å². The van der Waals surface area contributed by atoms with E-state index < -0.39 is 5.60 Å². The fraction of sp³-hybridized carbons (Fsp3) is 0.625. The molecule has 1 N–H and O–H groups in total. The average molecular weight is 232 g/mol. The fourth-order valence-corrected chi connectivity index (χ4v) is 3.12. The number of aryl methyl sites for hydroxylation is 1. The highest BCUT2D eigenvalue weighted by Gasteiger charge is 2.39. The first kappa shape index (κ1) is 12.6. The van der Waals surface area contributed by atoms with Crippen LogP contribution in [0.1, 0.15) is 51.2 Å². The molecule has 1 aromatic carbocycles. The summed E-state index contributed by atoms with van der Waals surface area (Å²) in [6, 6.07) is 8.50. The van der Waals surface area contributed by atoms with Crippen LogP contribution in [0.2, 0.25) is 0 Å². The monoisotopic (exact) mass is 232 g/mol. The van der Waals surface area contributed by atoms with Crippen molar-refractivity contribution in [2.45, 2.75) is 52.1 Å². The summed E-state index contributed by atoms with van der Waals surface area (Å²) in [5.41, 5.74) is 1.84. The summed E-state index contributed by atoms with van der Waals surface area (Å²) in [5.74, 6) is 1.11. The molecule has 0 bridgehead atoms. The molecule has 1 aliphatic rings. The van der Waals surface area contributed by atoms with Gasteiger partial charge in [-0.1, -0.05) is 45.0 Å². The summed E-state index contributed by atoms with van der Waals surface area (Å²) in [6.07, 6.45) is 4.21. The van der Waals surface area contributed by atoms with Crippen LogP contribution in [0.4, 0.5) is 0 Å². The fourth-order valence-electron chi connectivity index (χ4n) is 3.12. The SMILES string of the molecule is CCc1cccc(C2(O)CCC(C)CC2C)c1. The first-order valence-electron chi connectivity index (χ1n) is 6.88. The van der Waals surface area contributed by atoms with Crippen LogP contribution in [0.25, 0.3) is 0 Å². The van der Waals surface area contributed by atoms with E-state index >= 15 is 0 Å². The van der Waals surface area contributed by atoms with E-state index in [4.69, 9.17) is 0 Å². The third kappa shape index (κ3) is 2.40. The van der Waals surface area contributed by atoms with Gasteiger partial charge in [-0.2, -0.15) is 0 Å². The molecule has 0 heterocycles. The van der Waals surface area contributed by atoms with Crippen molar-refractivity contribution in [3.8, 4) is 0 Å². The zero-order valence-electron chi connectivity index (χ0n) is 11.2. The summed E-state index contributed by atoms with van der Waals surface area (Å²) in [7, 11) is 0. The first-order chi connectivity index (χ1) is 8.06. The Labute approximate surface area is 105 Å². The second-order valence-electron chi connectivity index (χ2n) is 5.76. The zero-order chi connectivity index (χ0) is 12.5. The lowest BCUT2D eigenvalue weighted by Crippen LogP contribution is -2.38. The van der Waals surface area contributed by atoms with E-state index in [0.29, 0.717) is 5.92 Å². The van der Waals surface area contributed by atoms with Crippen LogP contribution in [-0.2, 0) is 12.0 Å². The molecule has 1 heteroatoms. The molecule has 2 rings (SSSR count). The van der Waals surface area contributed by atoms with Gasteiger partial charge in [0.1, 0.15) is 0 Å². The van der Waals surface area contributed by atoms with Gasteiger partial charge in [-0.15, -0.1) is 0 Å². The maximum Gasteiger partial charge on any atom is 0.0922 e. The lowest BCUT2D eigenvalue weighted by molar-refractivity contribution is -0.0588. The van der Waals surface area contributed by atoms with Crippen molar-refractivity contribution >= 4 is 0 Å². The normalized spacial score (nSPS) is 33.6. The molecule has 1 aliphatic carbocycles. The second kappa shape index (κ2) is 4.81. The van der Waals surface area contributed by atoms with Crippen molar-refractivity contribution in [2.24, 2.45) is 11.8 Å². The Balaban J connectivity index is 2.30. The number of benzene rings is 1. The minimum absolute atomic E-state index is 0.360. The summed E-state index contributed by atoms with van der Waals surface area (Å²) < 4.78 is 0. The highest BCUT2D eigenvalue weighted by Crippen LogP contribution is 2.43. The van der Waals surface area contributed by atoms with Gasteiger partial charge in [0.15, 0.2) is 0 Å². The van der Waals surface area contributed by atoms with Crippen LogP contribution < -0.4 is 0 Å². The zero-order valence-corrected chi connectivity index (χ0v) is 11.2. The molecule has 94 valence electrons. The lowest BCUT2D eigenvalue weighted by atomic mass is 9.69. The lowest BCUT2D eigenvalue weighted by Gasteiger charge is -2.41. The van der Waals surface area contributed by atoms with Crippen molar-refractivity contribution in [1.29, 1.82) is 0 Å². The highest BCUT2D eigenvalue weighted by atomic mass is 16.3. The van der Waals surface area contributed by atoms with Gasteiger partial charge in [0.05, 0.1) is 5.60 Å². The van der Waals surface area contributed by atoms with E-state index in [1.165, 1.54) is 5.56 Å². The van der Waals surface area contributed by atoms with Crippen LogP contribution in [0.3, 0.4) is 0 Å². The van der Waals surface area contributed by atoms with Gasteiger partial charge in [-0.25, -0.2) is 0 Å². The van der Waals surface area contributed by atoms with Crippen molar-refractivity contribution < 1.29 is 5.11 Å². The average Bonchev–Trinajstić information content (AvgIpc) is 2.34. The molecule has 0 spiro atoms. The molecular formula is C16H24O. The smallest absolute Gasteiger partial charge is 0.0922 e. The Morgan fingerprint density at radius 1 is 1.35 bits per heavy atom. The van der Waals surface area contributed by atoms with Gasteiger partial charge in [-0.05, 0) is 48.6 Å². The molecule has 3 atom stereocenters. The number of hydrogen-bond acceptors (Lipinski definition) is 1. The van der Waals surface area contributed by atoms with Crippen molar-refractivity contribution in [3.05, 3.63) is 35.4 Å². The van der Waals surface area contributed by atoms with E-state index in [-0.39, 0.29) is 0 Å². The predicted octanol–water partition coefficient (Wildman–Crippen LogP) is 3.89. The largest absolute Gasteiger partial charge is 0.385 e. The summed E-state index contributed by atoms with van der Waals surface area (Å²) in [6.45, 7) is 6.64. The molecule has 3 unspecified atom stereocenters. The Hall–Kier alpha value is -0.820. The third-order valence-electron chi connectivity index (χ3n) is 4.42. The Morgan fingerprint density at radius 2 is 2.12 bits per heavy atom. The molecule has 0 radical (unpaired) electrons. The van der Waals surface area contributed by atoms with Crippen LogP contribution >= 0.6 is 0 Å². The third-order valence-corrected chi connectivity index (χ3v) is 4.42. The molecular weight excluding hydrogens is 208 g/mol. The van der Waals surface area contributed by atoms with Crippen LogP contribution in [-0.4, -0.2) is 5.11 Å². The molecule has 17 heavy (non-hydrogen) atoms. The summed E-state index contributed by atoms with van der Waals surface area (Å²) in [4.78, 5) is 0. The number of aliphatic hydroxyl groups is 1. The van der Waals surface area contributed by atoms with Crippen molar-refractivity contribution in [3.63, 3.8) is 0 Å². The van der Waals surface area contributed by atoms with E-state index in [1.54, 1.807) is 0 Å². The molecule has 1 fully saturated rings.